The zero-order valence-electron chi connectivity index (χ0n) is 9.32. The monoisotopic (exact) mass is 213 g/mol. The van der Waals surface area contributed by atoms with Crippen LogP contribution < -0.4 is 10.6 Å². The van der Waals surface area contributed by atoms with Gasteiger partial charge in [0.25, 0.3) is 0 Å². The van der Waals surface area contributed by atoms with Gasteiger partial charge in [-0.2, -0.15) is 0 Å². The van der Waals surface area contributed by atoms with Crippen LogP contribution in [0.4, 0.5) is 0 Å². The van der Waals surface area contributed by atoms with Crippen molar-refractivity contribution in [1.82, 2.24) is 15.5 Å². The van der Waals surface area contributed by atoms with Crippen LogP contribution in [0.25, 0.3) is 0 Å². The molecule has 2 N–H and O–H groups in total. The third kappa shape index (κ3) is 3.20. The van der Waals surface area contributed by atoms with Crippen molar-refractivity contribution in [1.29, 1.82) is 0 Å². The van der Waals surface area contributed by atoms with Gasteiger partial charge in [0.1, 0.15) is 6.04 Å². The van der Waals surface area contributed by atoms with Gasteiger partial charge >= 0.3 is 0 Å². The summed E-state index contributed by atoms with van der Waals surface area (Å²) in [7, 11) is 0. The molecule has 1 aliphatic rings. The second-order valence-corrected chi connectivity index (χ2v) is 4.08. The predicted molar refractivity (Wildman–Crippen MR) is 57.3 cm³/mol. The normalized spacial score (nSPS) is 18.7. The van der Waals surface area contributed by atoms with Crippen molar-refractivity contribution < 1.29 is 9.59 Å². The molecule has 1 unspecified atom stereocenters. The van der Waals surface area contributed by atoms with Gasteiger partial charge in [0.15, 0.2) is 0 Å². The number of carbonyl (C=O) groups is 2. The van der Waals surface area contributed by atoms with Gasteiger partial charge in [-0.15, -0.1) is 0 Å². The van der Waals surface area contributed by atoms with E-state index < -0.39 is 0 Å². The molecule has 0 bridgehead atoms. The maximum atomic E-state index is 12.0. The molecule has 1 atom stereocenters. The molecule has 1 rings (SSSR count). The third-order valence-electron chi connectivity index (χ3n) is 2.61. The smallest absolute Gasteiger partial charge is 0.245 e. The lowest BCUT2D eigenvalue weighted by Crippen LogP contribution is -2.54. The lowest BCUT2D eigenvalue weighted by atomic mass is 10.0. The summed E-state index contributed by atoms with van der Waals surface area (Å²) in [5.41, 5.74) is 0. The van der Waals surface area contributed by atoms with Gasteiger partial charge in [-0.25, -0.2) is 0 Å². The van der Waals surface area contributed by atoms with Crippen LogP contribution in [0.1, 0.15) is 13.8 Å². The summed E-state index contributed by atoms with van der Waals surface area (Å²) in [5.74, 6) is 0.149. The van der Waals surface area contributed by atoms with Gasteiger partial charge in [-0.3, -0.25) is 9.59 Å². The van der Waals surface area contributed by atoms with Crippen LogP contribution in [0.15, 0.2) is 0 Å². The molecule has 86 valence electrons. The minimum atomic E-state index is -0.388. The fraction of sp³-hybridized carbons (Fsp3) is 0.800. The van der Waals surface area contributed by atoms with E-state index in [1.54, 1.807) is 4.90 Å². The Morgan fingerprint density at radius 1 is 1.40 bits per heavy atom. The molecule has 0 aromatic heterocycles. The van der Waals surface area contributed by atoms with E-state index in [1.807, 2.05) is 13.8 Å². The summed E-state index contributed by atoms with van der Waals surface area (Å²) in [6.45, 7) is 6.98. The van der Waals surface area contributed by atoms with Crippen molar-refractivity contribution in [2.24, 2.45) is 5.92 Å². The first-order valence-electron chi connectivity index (χ1n) is 5.36. The average Bonchev–Trinajstić information content (AvgIpc) is 2.26. The van der Waals surface area contributed by atoms with Crippen molar-refractivity contribution in [3.8, 4) is 0 Å². The van der Waals surface area contributed by atoms with Crippen molar-refractivity contribution in [3.63, 3.8) is 0 Å². The molecular weight excluding hydrogens is 194 g/mol. The Balaban J connectivity index is 2.57. The number of nitrogens with zero attached hydrogens (tertiary/aromatic N) is 1. The molecule has 0 saturated carbocycles. The Labute approximate surface area is 90.2 Å². The Morgan fingerprint density at radius 3 is 2.47 bits per heavy atom. The number of hydrogen-bond donors (Lipinski definition) is 2. The number of rotatable bonds is 4. The zero-order chi connectivity index (χ0) is 11.3. The quantitative estimate of drug-likeness (QED) is 0.600. The van der Waals surface area contributed by atoms with Crippen LogP contribution in [0.5, 0.6) is 0 Å². The molecule has 5 nitrogen and oxygen atoms in total. The first-order chi connectivity index (χ1) is 7.16. The molecule has 1 fully saturated rings. The van der Waals surface area contributed by atoms with Crippen LogP contribution in [-0.4, -0.2) is 49.4 Å². The van der Waals surface area contributed by atoms with Crippen molar-refractivity contribution in [3.05, 3.63) is 0 Å². The van der Waals surface area contributed by atoms with Gasteiger partial charge in [-0.05, 0) is 5.92 Å². The summed E-state index contributed by atoms with van der Waals surface area (Å²) in [5, 5.41) is 5.77. The van der Waals surface area contributed by atoms with Gasteiger partial charge in [0.05, 0.1) is 0 Å². The molecule has 1 heterocycles. The van der Waals surface area contributed by atoms with Crippen LogP contribution in [-0.2, 0) is 9.59 Å². The second kappa shape index (κ2) is 5.70. The average molecular weight is 213 g/mol. The minimum absolute atomic E-state index is 0.0265. The summed E-state index contributed by atoms with van der Waals surface area (Å²) < 4.78 is 0. The number of amides is 2. The summed E-state index contributed by atoms with van der Waals surface area (Å²) in [6.07, 6.45) is 0.602. The molecule has 5 heteroatoms. The van der Waals surface area contributed by atoms with E-state index in [4.69, 9.17) is 0 Å². The molecule has 1 aliphatic heterocycles. The number of nitrogens with one attached hydrogen (secondary N) is 2. The van der Waals surface area contributed by atoms with E-state index in [2.05, 4.69) is 10.6 Å². The van der Waals surface area contributed by atoms with Crippen LogP contribution in [0.3, 0.4) is 0 Å². The fourth-order valence-corrected chi connectivity index (χ4v) is 1.70. The van der Waals surface area contributed by atoms with Gasteiger partial charge < -0.3 is 15.5 Å². The van der Waals surface area contributed by atoms with E-state index >= 15 is 0 Å². The highest BCUT2D eigenvalue weighted by Crippen LogP contribution is 2.06. The molecule has 0 spiro atoms. The maximum Gasteiger partial charge on any atom is 0.245 e. The van der Waals surface area contributed by atoms with Crippen LogP contribution in [0.2, 0.25) is 0 Å². The topological polar surface area (TPSA) is 61.4 Å². The molecule has 15 heavy (non-hydrogen) atoms. The van der Waals surface area contributed by atoms with Crippen LogP contribution in [0, 0.1) is 5.92 Å². The highest BCUT2D eigenvalue weighted by molar-refractivity contribution is 5.84. The summed E-state index contributed by atoms with van der Waals surface area (Å²) >= 11 is 0. The molecule has 0 radical (unpaired) electrons. The number of piperazine rings is 1. The first kappa shape index (κ1) is 12.0. The van der Waals surface area contributed by atoms with E-state index in [1.165, 1.54) is 0 Å². The number of hydrogen-bond acceptors (Lipinski definition) is 3. The lowest BCUT2D eigenvalue weighted by molar-refractivity contribution is -0.136. The maximum absolute atomic E-state index is 12.0. The van der Waals surface area contributed by atoms with Crippen LogP contribution >= 0.6 is 0 Å². The molecule has 2 amide bonds. The molecular formula is C10H19N3O2. The van der Waals surface area contributed by atoms with Gasteiger partial charge in [-0.1, -0.05) is 13.8 Å². The fourth-order valence-electron chi connectivity index (χ4n) is 1.70. The third-order valence-corrected chi connectivity index (χ3v) is 2.61. The van der Waals surface area contributed by atoms with E-state index in [0.717, 1.165) is 26.2 Å². The van der Waals surface area contributed by atoms with Gasteiger partial charge in [0, 0.05) is 26.2 Å². The Kier molecular flexibility index (Phi) is 4.55. The highest BCUT2D eigenvalue weighted by Gasteiger charge is 2.27. The zero-order valence-corrected chi connectivity index (χ0v) is 9.32. The lowest BCUT2D eigenvalue weighted by Gasteiger charge is -2.31. The Hall–Kier alpha value is -1.10. The molecule has 0 aliphatic carbocycles. The SMILES string of the molecule is CC(C)C(NC=O)C(=O)N1CCNCC1. The van der Waals surface area contributed by atoms with Gasteiger partial charge in [0.2, 0.25) is 12.3 Å². The van der Waals surface area contributed by atoms with E-state index in [9.17, 15) is 9.59 Å². The first-order valence-corrected chi connectivity index (χ1v) is 5.36. The standard InChI is InChI=1S/C10H19N3O2/c1-8(2)9(12-7-14)10(15)13-5-3-11-4-6-13/h7-9,11H,3-6H2,1-2H3,(H,12,14). The summed E-state index contributed by atoms with van der Waals surface area (Å²) in [4.78, 5) is 24.2. The molecule has 0 aromatic carbocycles. The van der Waals surface area contributed by atoms with E-state index in [0.29, 0.717) is 6.41 Å². The van der Waals surface area contributed by atoms with E-state index in [-0.39, 0.29) is 17.9 Å². The summed E-state index contributed by atoms with van der Waals surface area (Å²) in [6, 6.07) is -0.388. The van der Waals surface area contributed by atoms with Crippen molar-refractivity contribution >= 4 is 12.3 Å². The highest BCUT2D eigenvalue weighted by atomic mass is 16.2. The van der Waals surface area contributed by atoms with Crippen molar-refractivity contribution in [2.75, 3.05) is 26.2 Å². The predicted octanol–water partition coefficient (Wildman–Crippen LogP) is -0.811. The Bertz CT molecular complexity index is 225. The minimum Gasteiger partial charge on any atom is -0.347 e. The molecule has 0 aromatic rings. The molecule has 1 saturated heterocycles. The second-order valence-electron chi connectivity index (χ2n) is 4.08. The van der Waals surface area contributed by atoms with Crippen molar-refractivity contribution in [2.45, 2.75) is 19.9 Å². The Morgan fingerprint density at radius 2 is 2.00 bits per heavy atom. The number of carbonyl (C=O) groups excluding carboxylic acids is 2. The largest absolute Gasteiger partial charge is 0.347 e.